The van der Waals surface area contributed by atoms with E-state index in [1.54, 1.807) is 18.2 Å². The molecule has 0 saturated carbocycles. The van der Waals surface area contributed by atoms with Crippen molar-refractivity contribution in [3.8, 4) is 11.5 Å². The highest BCUT2D eigenvalue weighted by atomic mass is 19.4. The molecule has 0 saturated heterocycles. The van der Waals surface area contributed by atoms with Gasteiger partial charge in [-0.25, -0.2) is 4.98 Å². The lowest BCUT2D eigenvalue weighted by molar-refractivity contribution is -0.233. The molecule has 2 rings (SSSR count). The van der Waals surface area contributed by atoms with E-state index in [1.165, 1.54) is 12.1 Å². The van der Waals surface area contributed by atoms with Crippen LogP contribution < -0.4 is 0 Å². The van der Waals surface area contributed by atoms with Crippen molar-refractivity contribution in [3.05, 3.63) is 41.8 Å². The second-order valence-electron chi connectivity index (χ2n) is 4.26. The van der Waals surface area contributed by atoms with Crippen molar-refractivity contribution in [3.63, 3.8) is 0 Å². The van der Waals surface area contributed by atoms with Crippen LogP contribution in [-0.2, 0) is 17.5 Å². The van der Waals surface area contributed by atoms with Crippen molar-refractivity contribution in [2.75, 3.05) is 0 Å². The number of rotatable bonds is 4. The Morgan fingerprint density at radius 3 is 2.24 bits per heavy atom. The van der Waals surface area contributed by atoms with E-state index >= 15 is 0 Å². The molecule has 0 bridgehead atoms. The van der Waals surface area contributed by atoms with Gasteiger partial charge in [-0.05, 0) is 12.1 Å². The maximum Gasteiger partial charge on any atom is 0.451 e. The third kappa shape index (κ3) is 4.01. The molecule has 8 heteroatoms. The molecule has 1 heterocycles. The van der Waals surface area contributed by atoms with Crippen molar-refractivity contribution in [2.24, 2.45) is 0 Å². The minimum Gasteiger partial charge on any atom is -0.431 e. The fraction of sp³-hybridized carbons (Fsp3) is 0.308. The van der Waals surface area contributed by atoms with Gasteiger partial charge in [0.2, 0.25) is 11.7 Å². The molecule has 0 spiro atoms. The molecule has 0 N–H and O–H groups in total. The van der Waals surface area contributed by atoms with Gasteiger partial charge in [0.25, 0.3) is 0 Å². The van der Waals surface area contributed by atoms with Gasteiger partial charge in [-0.2, -0.15) is 22.0 Å². The van der Waals surface area contributed by atoms with Crippen LogP contribution in [0.15, 0.2) is 34.7 Å². The minimum absolute atomic E-state index is 0.303. The molecule has 0 fully saturated rings. The summed E-state index contributed by atoms with van der Waals surface area (Å²) in [5.74, 6) is -1.74. The number of alkyl halides is 5. The Morgan fingerprint density at radius 2 is 1.71 bits per heavy atom. The summed E-state index contributed by atoms with van der Waals surface area (Å²) in [7, 11) is 0. The van der Waals surface area contributed by atoms with Gasteiger partial charge < -0.3 is 9.15 Å². The summed E-state index contributed by atoms with van der Waals surface area (Å²) < 4.78 is 72.4. The molecule has 0 aliphatic heterocycles. The first-order chi connectivity index (χ1) is 9.67. The molecule has 21 heavy (non-hydrogen) atoms. The van der Waals surface area contributed by atoms with Crippen LogP contribution in [0.3, 0.4) is 0 Å². The standard InChI is InChI=1S/C13H10F5NO2/c1-12(14,15)20-7-9-10(13(16,17)18)21-11(19-9)8-5-3-2-4-6-8/h2-6H,7H2,1H3. The van der Waals surface area contributed by atoms with E-state index in [0.29, 0.717) is 12.5 Å². The van der Waals surface area contributed by atoms with E-state index in [9.17, 15) is 22.0 Å². The van der Waals surface area contributed by atoms with E-state index in [-0.39, 0.29) is 5.89 Å². The van der Waals surface area contributed by atoms with Gasteiger partial charge in [0.15, 0.2) is 0 Å². The third-order valence-corrected chi connectivity index (χ3v) is 2.44. The van der Waals surface area contributed by atoms with Crippen molar-refractivity contribution in [1.29, 1.82) is 0 Å². The highest BCUT2D eigenvalue weighted by molar-refractivity contribution is 5.53. The molecule has 1 aromatic carbocycles. The fourth-order valence-electron chi connectivity index (χ4n) is 1.57. The van der Waals surface area contributed by atoms with Gasteiger partial charge in [0.1, 0.15) is 5.69 Å². The molecule has 0 unspecified atom stereocenters. The number of ether oxygens (including phenoxy) is 1. The Bertz CT molecular complexity index is 601. The molecule has 1 aromatic heterocycles. The number of hydrogen-bond acceptors (Lipinski definition) is 3. The smallest absolute Gasteiger partial charge is 0.431 e. The molecule has 2 aromatic rings. The summed E-state index contributed by atoms with van der Waals surface area (Å²) in [4.78, 5) is 3.60. The zero-order chi connectivity index (χ0) is 15.7. The van der Waals surface area contributed by atoms with E-state index in [1.807, 2.05) is 0 Å². The first kappa shape index (κ1) is 15.4. The van der Waals surface area contributed by atoms with Crippen molar-refractivity contribution in [1.82, 2.24) is 4.98 Å². The second-order valence-corrected chi connectivity index (χ2v) is 4.26. The SMILES string of the molecule is CC(F)(F)OCc1nc(-c2ccccc2)oc1C(F)(F)F. The number of aromatic nitrogens is 1. The Kier molecular flexibility index (Phi) is 3.99. The van der Waals surface area contributed by atoms with Gasteiger partial charge in [-0.3, -0.25) is 0 Å². The zero-order valence-corrected chi connectivity index (χ0v) is 10.7. The van der Waals surface area contributed by atoms with Gasteiger partial charge in [-0.1, -0.05) is 18.2 Å². The second kappa shape index (κ2) is 5.44. The van der Waals surface area contributed by atoms with Gasteiger partial charge in [0.05, 0.1) is 6.61 Å². The van der Waals surface area contributed by atoms with Crippen LogP contribution in [0.2, 0.25) is 0 Å². The molecular formula is C13H10F5NO2. The summed E-state index contributed by atoms with van der Waals surface area (Å²) >= 11 is 0. The van der Waals surface area contributed by atoms with Crippen molar-refractivity contribution in [2.45, 2.75) is 25.8 Å². The molecule has 0 aliphatic rings. The highest BCUT2D eigenvalue weighted by Crippen LogP contribution is 2.36. The maximum atomic E-state index is 12.8. The number of oxazole rings is 1. The predicted molar refractivity (Wildman–Crippen MR) is 62.4 cm³/mol. The Hall–Kier alpha value is -1.96. The maximum absolute atomic E-state index is 12.8. The number of halogens is 5. The number of nitrogens with zero attached hydrogens (tertiary/aromatic N) is 1. The monoisotopic (exact) mass is 307 g/mol. The quantitative estimate of drug-likeness (QED) is 0.781. The number of benzene rings is 1. The highest BCUT2D eigenvalue weighted by Gasteiger charge is 2.40. The fourth-order valence-corrected chi connectivity index (χ4v) is 1.57. The Labute approximate surface area is 116 Å². The van der Waals surface area contributed by atoms with Gasteiger partial charge in [-0.15, -0.1) is 0 Å². The van der Waals surface area contributed by atoms with Crippen LogP contribution in [0, 0.1) is 0 Å². The largest absolute Gasteiger partial charge is 0.451 e. The minimum atomic E-state index is -4.85. The van der Waals surface area contributed by atoms with Crippen LogP contribution >= 0.6 is 0 Å². The topological polar surface area (TPSA) is 35.3 Å². The Balaban J connectivity index is 2.36. The van der Waals surface area contributed by atoms with Crippen LogP contribution in [-0.4, -0.2) is 11.1 Å². The average Bonchev–Trinajstić information content (AvgIpc) is 2.81. The Morgan fingerprint density at radius 1 is 1.10 bits per heavy atom. The van der Waals surface area contributed by atoms with Gasteiger partial charge in [0, 0.05) is 12.5 Å². The predicted octanol–water partition coefficient (Wildman–Crippen LogP) is 4.49. The summed E-state index contributed by atoms with van der Waals surface area (Å²) in [6.45, 7) is -0.576. The lowest BCUT2D eigenvalue weighted by Gasteiger charge is -2.10. The summed E-state index contributed by atoms with van der Waals surface area (Å²) in [5.41, 5.74) is -0.416. The first-order valence-electron chi connectivity index (χ1n) is 5.81. The van der Waals surface area contributed by atoms with Gasteiger partial charge >= 0.3 is 12.3 Å². The van der Waals surface area contributed by atoms with Crippen molar-refractivity contribution < 1.29 is 31.1 Å². The molecule has 114 valence electrons. The third-order valence-electron chi connectivity index (χ3n) is 2.44. The lowest BCUT2D eigenvalue weighted by Crippen LogP contribution is -2.17. The molecular weight excluding hydrogens is 297 g/mol. The summed E-state index contributed by atoms with van der Waals surface area (Å²) in [5, 5.41) is 0. The average molecular weight is 307 g/mol. The molecule has 0 amide bonds. The van der Waals surface area contributed by atoms with E-state index in [4.69, 9.17) is 0 Å². The van der Waals surface area contributed by atoms with Crippen molar-refractivity contribution >= 4 is 0 Å². The van der Waals surface area contributed by atoms with Crippen LogP contribution in [0.25, 0.3) is 11.5 Å². The van der Waals surface area contributed by atoms with E-state index in [0.717, 1.165) is 0 Å². The summed E-state index contributed by atoms with van der Waals surface area (Å²) in [6, 6.07) is 7.82. The normalized spacial score (nSPS) is 12.7. The lowest BCUT2D eigenvalue weighted by atomic mass is 10.2. The first-order valence-corrected chi connectivity index (χ1v) is 5.81. The van der Waals surface area contributed by atoms with E-state index < -0.39 is 30.3 Å². The molecule has 3 nitrogen and oxygen atoms in total. The van der Waals surface area contributed by atoms with E-state index in [2.05, 4.69) is 14.1 Å². The molecule has 0 atom stereocenters. The van der Waals surface area contributed by atoms with Crippen LogP contribution in [0.4, 0.5) is 22.0 Å². The molecule has 0 radical (unpaired) electrons. The summed E-state index contributed by atoms with van der Waals surface area (Å²) in [6.07, 6.45) is -8.41. The van der Waals surface area contributed by atoms with Crippen LogP contribution in [0.5, 0.6) is 0 Å². The number of hydrogen-bond donors (Lipinski definition) is 0. The zero-order valence-electron chi connectivity index (χ0n) is 10.7. The van der Waals surface area contributed by atoms with Crippen LogP contribution in [0.1, 0.15) is 18.4 Å². The molecule has 0 aliphatic carbocycles.